The monoisotopic (exact) mass is 383 g/mol. The summed E-state index contributed by atoms with van der Waals surface area (Å²) in [6.45, 7) is 1.62. The molecule has 22 heavy (non-hydrogen) atoms. The number of anilines is 1. The number of thiophene rings is 1. The highest BCUT2D eigenvalue weighted by Crippen LogP contribution is 2.22. The first-order valence-corrected chi connectivity index (χ1v) is 7.97. The van der Waals surface area contributed by atoms with Crippen LogP contribution < -0.4 is 15.4 Å². The van der Waals surface area contributed by atoms with Crippen molar-refractivity contribution in [2.45, 2.75) is 13.0 Å². The summed E-state index contributed by atoms with van der Waals surface area (Å²) in [4.78, 5) is 28.6. The van der Waals surface area contributed by atoms with E-state index >= 15 is 0 Å². The van der Waals surface area contributed by atoms with Crippen molar-refractivity contribution in [3.63, 3.8) is 0 Å². The fourth-order valence-electron chi connectivity index (χ4n) is 1.60. The molecule has 0 aliphatic rings. The van der Waals surface area contributed by atoms with E-state index in [9.17, 15) is 9.59 Å². The van der Waals surface area contributed by atoms with Crippen LogP contribution in [0.15, 0.2) is 34.2 Å². The Kier molecular flexibility index (Phi) is 5.51. The Bertz CT molecular complexity index is 672. The molecule has 2 rings (SSSR count). The van der Waals surface area contributed by atoms with E-state index in [1.54, 1.807) is 31.2 Å². The molecule has 0 radical (unpaired) electrons. The van der Waals surface area contributed by atoms with Crippen LogP contribution in [0.2, 0.25) is 0 Å². The molecule has 116 valence electrons. The molecule has 2 aromatic rings. The second-order valence-corrected chi connectivity index (χ2v) is 6.84. The van der Waals surface area contributed by atoms with E-state index in [4.69, 9.17) is 4.74 Å². The molecule has 0 aromatic carbocycles. The Hall–Kier alpha value is -1.93. The molecule has 0 saturated carbocycles. The Morgan fingerprint density at radius 1 is 1.32 bits per heavy atom. The Labute approximate surface area is 140 Å². The van der Waals surface area contributed by atoms with E-state index in [2.05, 4.69) is 31.5 Å². The van der Waals surface area contributed by atoms with Crippen LogP contribution in [0.25, 0.3) is 0 Å². The lowest BCUT2D eigenvalue weighted by Gasteiger charge is -2.13. The highest BCUT2D eigenvalue weighted by molar-refractivity contribution is 9.11. The van der Waals surface area contributed by atoms with Gasteiger partial charge in [-0.25, -0.2) is 4.98 Å². The first-order chi connectivity index (χ1) is 10.5. The van der Waals surface area contributed by atoms with Gasteiger partial charge in [-0.15, -0.1) is 11.3 Å². The molecule has 2 heterocycles. The first kappa shape index (κ1) is 16.4. The van der Waals surface area contributed by atoms with Gasteiger partial charge in [-0.05, 0) is 41.1 Å². The van der Waals surface area contributed by atoms with Gasteiger partial charge in [-0.3, -0.25) is 9.59 Å². The summed E-state index contributed by atoms with van der Waals surface area (Å²) < 4.78 is 5.80. The van der Waals surface area contributed by atoms with Crippen molar-refractivity contribution in [2.24, 2.45) is 0 Å². The van der Waals surface area contributed by atoms with Gasteiger partial charge in [-0.2, -0.15) is 0 Å². The minimum atomic E-state index is -0.671. The van der Waals surface area contributed by atoms with Crippen molar-refractivity contribution >= 4 is 44.8 Å². The number of nitrogens with one attached hydrogen (secondary N) is 2. The number of carbonyl (C=O) groups is 2. The highest BCUT2D eigenvalue weighted by atomic mass is 79.9. The number of hydrogen-bond donors (Lipinski definition) is 2. The molecule has 0 saturated heterocycles. The number of carbonyl (C=O) groups excluding carboxylic acids is 2. The standard InChI is InChI=1S/C14H14BrN3O3S/c1-8(17-14(20)10-4-5-11(15)22-10)13(19)18-9-3-6-12(21-2)16-7-9/h3-8H,1-2H3,(H,17,20)(H,18,19). The van der Waals surface area contributed by atoms with Gasteiger partial charge >= 0.3 is 0 Å². The van der Waals surface area contributed by atoms with E-state index in [1.165, 1.54) is 24.6 Å². The largest absolute Gasteiger partial charge is 0.481 e. The molecule has 8 heteroatoms. The molecule has 0 spiro atoms. The van der Waals surface area contributed by atoms with Crippen molar-refractivity contribution in [3.05, 3.63) is 39.1 Å². The van der Waals surface area contributed by atoms with Crippen molar-refractivity contribution in [1.29, 1.82) is 0 Å². The van der Waals surface area contributed by atoms with Gasteiger partial charge in [-0.1, -0.05) is 0 Å². The molecule has 2 amide bonds. The van der Waals surface area contributed by atoms with Crippen molar-refractivity contribution in [3.8, 4) is 5.88 Å². The number of nitrogens with zero attached hydrogens (tertiary/aromatic N) is 1. The maximum absolute atomic E-state index is 12.0. The van der Waals surface area contributed by atoms with Crippen molar-refractivity contribution in [2.75, 3.05) is 12.4 Å². The number of halogens is 1. The molecule has 0 aliphatic carbocycles. The highest BCUT2D eigenvalue weighted by Gasteiger charge is 2.18. The van der Waals surface area contributed by atoms with Crippen LogP contribution in [0, 0.1) is 0 Å². The van der Waals surface area contributed by atoms with Gasteiger partial charge in [0.1, 0.15) is 6.04 Å². The topological polar surface area (TPSA) is 80.3 Å². The number of methoxy groups -OCH3 is 1. The van der Waals surface area contributed by atoms with E-state index in [1.807, 2.05) is 0 Å². The third kappa shape index (κ3) is 4.28. The number of ether oxygens (including phenoxy) is 1. The maximum Gasteiger partial charge on any atom is 0.262 e. The summed E-state index contributed by atoms with van der Waals surface area (Å²) in [5, 5.41) is 5.32. The molecule has 0 bridgehead atoms. The number of aromatic nitrogens is 1. The summed E-state index contributed by atoms with van der Waals surface area (Å²) in [5.74, 6) is -0.148. The number of amides is 2. The van der Waals surface area contributed by atoms with Crippen molar-refractivity contribution < 1.29 is 14.3 Å². The van der Waals surface area contributed by atoms with Gasteiger partial charge in [0.15, 0.2) is 0 Å². The van der Waals surface area contributed by atoms with Gasteiger partial charge in [0.25, 0.3) is 5.91 Å². The fraction of sp³-hybridized carbons (Fsp3) is 0.214. The zero-order valence-electron chi connectivity index (χ0n) is 11.9. The Morgan fingerprint density at radius 3 is 2.64 bits per heavy atom. The van der Waals surface area contributed by atoms with Crippen LogP contribution in [-0.4, -0.2) is 29.9 Å². The third-order valence-corrected chi connectivity index (χ3v) is 4.37. The van der Waals surface area contributed by atoms with Gasteiger partial charge in [0.05, 0.1) is 27.7 Å². The van der Waals surface area contributed by atoms with Gasteiger partial charge in [0, 0.05) is 6.07 Å². The van der Waals surface area contributed by atoms with Gasteiger partial charge < -0.3 is 15.4 Å². The zero-order valence-corrected chi connectivity index (χ0v) is 14.3. The molecule has 2 N–H and O–H groups in total. The smallest absolute Gasteiger partial charge is 0.262 e. The summed E-state index contributed by atoms with van der Waals surface area (Å²) in [6.07, 6.45) is 1.49. The predicted molar refractivity (Wildman–Crippen MR) is 88.4 cm³/mol. The molecule has 1 atom stereocenters. The Morgan fingerprint density at radius 2 is 2.09 bits per heavy atom. The second-order valence-electron chi connectivity index (χ2n) is 4.38. The molecule has 1 unspecified atom stereocenters. The predicted octanol–water partition coefficient (Wildman–Crippen LogP) is 2.67. The molecule has 0 fully saturated rings. The first-order valence-electron chi connectivity index (χ1n) is 6.36. The normalized spacial score (nSPS) is 11.6. The average Bonchev–Trinajstić information content (AvgIpc) is 2.94. The summed E-state index contributed by atoms with van der Waals surface area (Å²) in [6, 6.07) is 6.13. The minimum Gasteiger partial charge on any atom is -0.481 e. The molecule has 0 aliphatic heterocycles. The van der Waals surface area contributed by atoms with Crippen LogP contribution >= 0.6 is 27.3 Å². The Balaban J connectivity index is 1.92. The van der Waals surface area contributed by atoms with E-state index in [0.717, 1.165) is 3.79 Å². The van der Waals surface area contributed by atoms with Crippen LogP contribution in [0.5, 0.6) is 5.88 Å². The number of pyridine rings is 1. The summed E-state index contributed by atoms with van der Waals surface area (Å²) >= 11 is 4.60. The quantitative estimate of drug-likeness (QED) is 0.831. The average molecular weight is 384 g/mol. The number of hydrogen-bond acceptors (Lipinski definition) is 5. The lowest BCUT2D eigenvalue weighted by Crippen LogP contribution is -2.41. The third-order valence-electron chi connectivity index (χ3n) is 2.75. The van der Waals surface area contributed by atoms with Crippen LogP contribution in [-0.2, 0) is 4.79 Å². The zero-order chi connectivity index (χ0) is 16.1. The van der Waals surface area contributed by atoms with Gasteiger partial charge in [0.2, 0.25) is 11.8 Å². The number of rotatable bonds is 5. The summed E-state index contributed by atoms with van der Waals surface area (Å²) in [7, 11) is 1.52. The van der Waals surface area contributed by atoms with Crippen LogP contribution in [0.1, 0.15) is 16.6 Å². The van der Waals surface area contributed by atoms with E-state index in [0.29, 0.717) is 16.4 Å². The molecular weight excluding hydrogens is 370 g/mol. The van der Waals surface area contributed by atoms with Crippen molar-refractivity contribution in [1.82, 2.24) is 10.3 Å². The van der Waals surface area contributed by atoms with Crippen LogP contribution in [0.4, 0.5) is 5.69 Å². The summed E-state index contributed by atoms with van der Waals surface area (Å²) in [5.41, 5.74) is 0.533. The fourth-order valence-corrected chi connectivity index (χ4v) is 2.88. The maximum atomic E-state index is 12.0. The molecule has 6 nitrogen and oxygen atoms in total. The molecular formula is C14H14BrN3O3S. The minimum absolute atomic E-state index is 0.286. The molecule has 2 aromatic heterocycles. The van der Waals surface area contributed by atoms with Crippen LogP contribution in [0.3, 0.4) is 0 Å². The second kappa shape index (κ2) is 7.37. The lowest BCUT2D eigenvalue weighted by molar-refractivity contribution is -0.117. The lowest BCUT2D eigenvalue weighted by atomic mass is 10.3. The van der Waals surface area contributed by atoms with E-state index in [-0.39, 0.29) is 11.8 Å². The SMILES string of the molecule is COc1ccc(NC(=O)C(C)NC(=O)c2ccc(Br)s2)cn1. The van der Waals surface area contributed by atoms with E-state index < -0.39 is 6.04 Å².